The molecular weight excluding hydrogens is 323 g/mol. The fourth-order valence-electron chi connectivity index (χ4n) is 1.96. The Morgan fingerprint density at radius 1 is 1.12 bits per heavy atom. The van der Waals surface area contributed by atoms with Crippen molar-refractivity contribution in [3.63, 3.8) is 0 Å². The molecular formula is C21H24F3N. The van der Waals surface area contributed by atoms with E-state index in [9.17, 15) is 13.2 Å². The number of alkyl halides is 3. The maximum Gasteiger partial charge on any atom is 0.416 e. The highest BCUT2D eigenvalue weighted by Crippen LogP contribution is 2.30. The Morgan fingerprint density at radius 3 is 2.28 bits per heavy atom. The van der Waals surface area contributed by atoms with Gasteiger partial charge < -0.3 is 0 Å². The largest absolute Gasteiger partial charge is 0.416 e. The molecule has 25 heavy (non-hydrogen) atoms. The second kappa shape index (κ2) is 9.82. The quantitative estimate of drug-likeness (QED) is 0.571. The van der Waals surface area contributed by atoms with Gasteiger partial charge in [-0.05, 0) is 55.2 Å². The summed E-state index contributed by atoms with van der Waals surface area (Å²) in [7, 11) is 0. The zero-order valence-corrected chi connectivity index (χ0v) is 14.9. The van der Waals surface area contributed by atoms with Gasteiger partial charge in [-0.2, -0.15) is 13.2 Å². The summed E-state index contributed by atoms with van der Waals surface area (Å²) >= 11 is 0. The summed E-state index contributed by atoms with van der Waals surface area (Å²) in [6.07, 6.45) is 4.86. The first-order valence-corrected chi connectivity index (χ1v) is 8.14. The van der Waals surface area contributed by atoms with Crippen molar-refractivity contribution in [3.8, 4) is 0 Å². The van der Waals surface area contributed by atoms with E-state index in [0.29, 0.717) is 12.0 Å². The van der Waals surface area contributed by atoms with Crippen molar-refractivity contribution >= 4 is 6.08 Å². The highest BCUT2D eigenvalue weighted by Gasteiger charge is 2.30. The van der Waals surface area contributed by atoms with E-state index >= 15 is 0 Å². The molecule has 0 unspecified atom stereocenters. The number of pyridine rings is 1. The molecule has 0 atom stereocenters. The summed E-state index contributed by atoms with van der Waals surface area (Å²) in [5, 5.41) is 0. The topological polar surface area (TPSA) is 12.9 Å². The van der Waals surface area contributed by atoms with Crippen molar-refractivity contribution in [2.24, 2.45) is 0 Å². The first kappa shape index (κ1) is 20.7. The normalized spacial score (nSPS) is 11.1. The fourth-order valence-corrected chi connectivity index (χ4v) is 1.96. The summed E-state index contributed by atoms with van der Waals surface area (Å²) in [5.74, 6) is 0. The van der Waals surface area contributed by atoms with Gasteiger partial charge in [-0.25, -0.2) is 0 Å². The first-order valence-electron chi connectivity index (χ1n) is 8.14. The van der Waals surface area contributed by atoms with Crippen LogP contribution in [0.25, 0.3) is 6.08 Å². The predicted molar refractivity (Wildman–Crippen MR) is 98.4 cm³/mol. The fraction of sp³-hybridized carbons (Fsp3) is 0.286. The molecule has 0 aliphatic rings. The molecule has 134 valence electrons. The molecule has 0 radical (unpaired) electrons. The Labute approximate surface area is 147 Å². The Hall–Kier alpha value is -2.36. The van der Waals surface area contributed by atoms with Crippen LogP contribution in [0.1, 0.15) is 41.3 Å². The van der Waals surface area contributed by atoms with Crippen molar-refractivity contribution in [1.82, 2.24) is 4.98 Å². The molecule has 1 nitrogen and oxygen atoms in total. The number of rotatable bonds is 4. The second-order valence-electron chi connectivity index (χ2n) is 5.70. The van der Waals surface area contributed by atoms with Gasteiger partial charge >= 0.3 is 6.18 Å². The number of allylic oxidation sites excluding steroid dienone is 2. The van der Waals surface area contributed by atoms with Crippen LogP contribution in [-0.2, 0) is 12.6 Å². The maximum atomic E-state index is 12.6. The van der Waals surface area contributed by atoms with E-state index in [2.05, 4.69) is 18.5 Å². The highest BCUT2D eigenvalue weighted by molar-refractivity contribution is 5.54. The molecule has 0 bridgehead atoms. The SMILES string of the molecule is C=CCC.Cc1ccc(C/C=C/c2ccc(C(F)(F)F)cc2C)nc1. The van der Waals surface area contributed by atoms with E-state index in [4.69, 9.17) is 0 Å². The predicted octanol–water partition coefficient (Wildman–Crippen LogP) is 6.56. The molecule has 1 aromatic heterocycles. The Kier molecular flexibility index (Phi) is 8.12. The van der Waals surface area contributed by atoms with Crippen LogP contribution in [0.15, 0.2) is 55.3 Å². The van der Waals surface area contributed by atoms with E-state index in [0.717, 1.165) is 29.3 Å². The molecule has 0 N–H and O–H groups in total. The molecule has 0 fully saturated rings. The van der Waals surface area contributed by atoms with Crippen LogP contribution < -0.4 is 0 Å². The van der Waals surface area contributed by atoms with E-state index in [1.807, 2.05) is 37.3 Å². The molecule has 0 spiro atoms. The zero-order valence-electron chi connectivity index (χ0n) is 14.9. The second-order valence-corrected chi connectivity index (χ2v) is 5.70. The summed E-state index contributed by atoms with van der Waals surface area (Å²) < 4.78 is 37.7. The van der Waals surface area contributed by atoms with Crippen LogP contribution in [-0.4, -0.2) is 4.98 Å². The first-order chi connectivity index (χ1) is 11.8. The van der Waals surface area contributed by atoms with Gasteiger partial charge in [0.2, 0.25) is 0 Å². The van der Waals surface area contributed by atoms with Crippen molar-refractivity contribution in [2.45, 2.75) is 39.8 Å². The number of hydrogen-bond acceptors (Lipinski definition) is 1. The average molecular weight is 347 g/mol. The van der Waals surface area contributed by atoms with Gasteiger partial charge in [0.1, 0.15) is 0 Å². The molecule has 0 amide bonds. The van der Waals surface area contributed by atoms with Crippen LogP contribution >= 0.6 is 0 Å². The van der Waals surface area contributed by atoms with Crippen LogP contribution in [0.2, 0.25) is 0 Å². The Balaban J connectivity index is 0.000000705. The van der Waals surface area contributed by atoms with E-state index in [1.54, 1.807) is 13.1 Å². The number of halogens is 3. The molecule has 0 aliphatic carbocycles. The van der Waals surface area contributed by atoms with Gasteiger partial charge in [-0.1, -0.05) is 37.3 Å². The zero-order chi connectivity index (χ0) is 18.9. The van der Waals surface area contributed by atoms with Gasteiger partial charge in [0.25, 0.3) is 0 Å². The van der Waals surface area contributed by atoms with Crippen molar-refractivity contribution in [3.05, 3.63) is 83.2 Å². The van der Waals surface area contributed by atoms with Crippen LogP contribution in [0.3, 0.4) is 0 Å². The van der Waals surface area contributed by atoms with Crippen molar-refractivity contribution in [1.29, 1.82) is 0 Å². The number of benzene rings is 1. The van der Waals surface area contributed by atoms with Crippen molar-refractivity contribution in [2.75, 3.05) is 0 Å². The van der Waals surface area contributed by atoms with Crippen LogP contribution in [0.4, 0.5) is 13.2 Å². The van der Waals surface area contributed by atoms with E-state index < -0.39 is 11.7 Å². The minimum absolute atomic E-state index is 0.609. The molecule has 1 heterocycles. The Bertz CT molecular complexity index is 698. The minimum Gasteiger partial charge on any atom is -0.261 e. The number of aromatic nitrogens is 1. The summed E-state index contributed by atoms with van der Waals surface area (Å²) in [6, 6.07) is 7.71. The molecule has 0 saturated heterocycles. The van der Waals surface area contributed by atoms with Gasteiger partial charge in [-0.15, -0.1) is 6.58 Å². The molecule has 2 aromatic rings. The lowest BCUT2D eigenvalue weighted by Gasteiger charge is -2.09. The summed E-state index contributed by atoms with van der Waals surface area (Å²) in [6.45, 7) is 9.19. The maximum absolute atomic E-state index is 12.6. The molecule has 4 heteroatoms. The third-order valence-electron chi connectivity index (χ3n) is 3.48. The van der Waals surface area contributed by atoms with Gasteiger partial charge in [-0.3, -0.25) is 4.98 Å². The molecule has 1 aromatic carbocycles. The summed E-state index contributed by atoms with van der Waals surface area (Å²) in [4.78, 5) is 4.28. The van der Waals surface area contributed by atoms with Gasteiger partial charge in [0, 0.05) is 18.3 Å². The monoisotopic (exact) mass is 347 g/mol. The van der Waals surface area contributed by atoms with Crippen molar-refractivity contribution < 1.29 is 13.2 Å². The Morgan fingerprint density at radius 2 is 1.80 bits per heavy atom. The molecule has 0 saturated carbocycles. The average Bonchev–Trinajstić information content (AvgIpc) is 2.57. The molecule has 0 aliphatic heterocycles. The number of nitrogens with zero attached hydrogens (tertiary/aromatic N) is 1. The third kappa shape index (κ3) is 7.38. The van der Waals surface area contributed by atoms with E-state index in [1.165, 1.54) is 12.1 Å². The number of hydrogen-bond donors (Lipinski definition) is 0. The lowest BCUT2D eigenvalue weighted by atomic mass is 10.0. The van der Waals surface area contributed by atoms with Gasteiger partial charge in [0.15, 0.2) is 0 Å². The smallest absolute Gasteiger partial charge is 0.261 e. The van der Waals surface area contributed by atoms with Crippen LogP contribution in [0, 0.1) is 13.8 Å². The van der Waals surface area contributed by atoms with E-state index in [-0.39, 0.29) is 0 Å². The molecule has 2 rings (SSSR count). The van der Waals surface area contributed by atoms with Crippen LogP contribution in [0.5, 0.6) is 0 Å². The lowest BCUT2D eigenvalue weighted by Crippen LogP contribution is -2.05. The van der Waals surface area contributed by atoms with Gasteiger partial charge in [0.05, 0.1) is 5.56 Å². The summed E-state index contributed by atoms with van der Waals surface area (Å²) in [5.41, 5.74) is 2.81. The lowest BCUT2D eigenvalue weighted by molar-refractivity contribution is -0.137. The third-order valence-corrected chi connectivity index (χ3v) is 3.48. The standard InChI is InChI=1S/C17H16F3N.C4H8/c1-12-6-9-16(21-11-12)5-3-4-14-7-8-15(10-13(14)2)17(18,19)20;1-3-4-2/h3-4,6-11H,5H2,1-2H3;3H,1,4H2,2H3/b4-3+;. The highest BCUT2D eigenvalue weighted by atomic mass is 19.4. The minimum atomic E-state index is -4.29. The number of aryl methyl sites for hydroxylation is 2.